The van der Waals surface area contributed by atoms with Crippen molar-refractivity contribution >= 4 is 12.0 Å². The van der Waals surface area contributed by atoms with Crippen LogP contribution in [0.3, 0.4) is 0 Å². The Labute approximate surface area is 174 Å². The number of amides is 2. The van der Waals surface area contributed by atoms with Gasteiger partial charge in [0.05, 0.1) is 7.11 Å². The fourth-order valence-corrected chi connectivity index (χ4v) is 5.74. The molecule has 3 atom stereocenters. The largest absolute Gasteiger partial charge is 0.453 e. The summed E-state index contributed by atoms with van der Waals surface area (Å²) < 4.78 is 4.69. The van der Waals surface area contributed by atoms with Crippen molar-refractivity contribution in [1.29, 1.82) is 0 Å². The Hall–Kier alpha value is -2.04. The molecule has 2 saturated carbocycles. The molecule has 0 spiro atoms. The van der Waals surface area contributed by atoms with Gasteiger partial charge in [0.1, 0.15) is 0 Å². The predicted molar refractivity (Wildman–Crippen MR) is 113 cm³/mol. The molecular weight excluding hydrogens is 364 g/mol. The van der Waals surface area contributed by atoms with E-state index in [0.717, 1.165) is 13.1 Å². The molecule has 5 nitrogen and oxygen atoms in total. The lowest BCUT2D eigenvalue weighted by Crippen LogP contribution is -2.58. The molecule has 1 aromatic carbocycles. The van der Waals surface area contributed by atoms with Crippen LogP contribution in [0, 0.1) is 17.3 Å². The number of fused-ring (bicyclic) bond motifs is 1. The number of rotatable bonds is 3. The average Bonchev–Trinajstić information content (AvgIpc) is 3.03. The Morgan fingerprint density at radius 1 is 1.21 bits per heavy atom. The molecular formula is C24H34N2O3. The molecule has 4 rings (SSSR count). The van der Waals surface area contributed by atoms with Crippen LogP contribution in [0.25, 0.3) is 0 Å². The van der Waals surface area contributed by atoms with E-state index in [1.807, 2.05) is 6.92 Å². The highest BCUT2D eigenvalue weighted by atomic mass is 16.5. The molecule has 3 aliphatic rings. The maximum Gasteiger partial charge on any atom is 0.407 e. The van der Waals surface area contributed by atoms with Crippen molar-refractivity contribution < 1.29 is 14.3 Å². The number of methoxy groups -OCH3 is 1. The first-order valence-electron chi connectivity index (χ1n) is 10.7. The lowest BCUT2D eigenvalue weighted by Gasteiger charge is -2.45. The normalized spacial score (nSPS) is 35.5. The second kappa shape index (κ2) is 6.48. The molecule has 3 fully saturated rings. The smallest absolute Gasteiger partial charge is 0.407 e. The maximum absolute atomic E-state index is 13.0. The number of piperidine rings is 1. The SMILES string of the molecule is COC(=O)N[C@]1(C)C[C@H](C(=O)N2C[C@H]3[C@H](c4cccc(C(C)(C)C)c4)[C@@]3(C)C2)C1. The molecule has 0 aromatic heterocycles. The van der Waals surface area contributed by atoms with Crippen LogP contribution in [0.2, 0.25) is 0 Å². The number of hydrogen-bond donors (Lipinski definition) is 1. The van der Waals surface area contributed by atoms with Crippen LogP contribution in [-0.4, -0.2) is 42.6 Å². The molecule has 5 heteroatoms. The Kier molecular flexibility index (Phi) is 4.52. The Bertz CT molecular complexity index is 837. The topological polar surface area (TPSA) is 58.6 Å². The number of benzene rings is 1. The van der Waals surface area contributed by atoms with Gasteiger partial charge in [0.25, 0.3) is 0 Å². The van der Waals surface area contributed by atoms with Crippen molar-refractivity contribution in [3.63, 3.8) is 0 Å². The molecule has 0 bridgehead atoms. The van der Waals surface area contributed by atoms with Gasteiger partial charge < -0.3 is 15.0 Å². The van der Waals surface area contributed by atoms with E-state index in [1.165, 1.54) is 18.2 Å². The van der Waals surface area contributed by atoms with E-state index in [0.29, 0.717) is 24.7 Å². The third kappa shape index (κ3) is 3.43. The van der Waals surface area contributed by atoms with Crippen LogP contribution < -0.4 is 5.32 Å². The molecule has 0 unspecified atom stereocenters. The number of ether oxygens (including phenoxy) is 1. The molecule has 0 radical (unpaired) electrons. The van der Waals surface area contributed by atoms with E-state index in [4.69, 9.17) is 0 Å². The van der Waals surface area contributed by atoms with Crippen LogP contribution in [-0.2, 0) is 14.9 Å². The third-order valence-electron chi connectivity index (χ3n) is 7.56. The van der Waals surface area contributed by atoms with E-state index >= 15 is 0 Å². The fraction of sp³-hybridized carbons (Fsp3) is 0.667. The summed E-state index contributed by atoms with van der Waals surface area (Å²) in [5.41, 5.74) is 2.83. The fourth-order valence-electron chi connectivity index (χ4n) is 5.74. The molecule has 1 aromatic rings. The highest BCUT2D eigenvalue weighted by molar-refractivity contribution is 5.81. The average molecular weight is 399 g/mol. The van der Waals surface area contributed by atoms with Gasteiger partial charge in [-0.2, -0.15) is 0 Å². The molecule has 1 N–H and O–H groups in total. The van der Waals surface area contributed by atoms with Crippen molar-refractivity contribution in [2.75, 3.05) is 20.2 Å². The second-order valence-electron chi connectivity index (χ2n) is 11.0. The quantitative estimate of drug-likeness (QED) is 0.835. The van der Waals surface area contributed by atoms with E-state index in [2.05, 4.69) is 66.9 Å². The number of likely N-dealkylation sites (tertiary alicyclic amines) is 1. The van der Waals surface area contributed by atoms with Crippen molar-refractivity contribution in [2.24, 2.45) is 17.3 Å². The van der Waals surface area contributed by atoms with E-state index in [-0.39, 0.29) is 28.2 Å². The van der Waals surface area contributed by atoms with Gasteiger partial charge in [-0.3, -0.25) is 4.79 Å². The highest BCUT2D eigenvalue weighted by Crippen LogP contribution is 2.68. The van der Waals surface area contributed by atoms with Gasteiger partial charge in [-0.15, -0.1) is 0 Å². The van der Waals surface area contributed by atoms with Gasteiger partial charge in [0.2, 0.25) is 5.91 Å². The number of nitrogens with zero attached hydrogens (tertiary/aromatic N) is 1. The minimum atomic E-state index is -0.423. The molecule has 1 saturated heterocycles. The monoisotopic (exact) mass is 398 g/mol. The zero-order chi connectivity index (χ0) is 21.2. The first kappa shape index (κ1) is 20.2. The van der Waals surface area contributed by atoms with Crippen LogP contribution in [0.5, 0.6) is 0 Å². The van der Waals surface area contributed by atoms with Crippen molar-refractivity contribution in [2.45, 2.75) is 64.3 Å². The van der Waals surface area contributed by atoms with Gasteiger partial charge in [-0.25, -0.2) is 4.79 Å². The molecule has 2 amide bonds. The minimum absolute atomic E-state index is 0.0147. The first-order chi connectivity index (χ1) is 13.5. The summed E-state index contributed by atoms with van der Waals surface area (Å²) in [6.07, 6.45) is 0.958. The van der Waals surface area contributed by atoms with E-state index in [9.17, 15) is 9.59 Å². The minimum Gasteiger partial charge on any atom is -0.453 e. The standard InChI is InChI=1S/C24H34N2O3/c1-22(2,3)17-9-7-8-15(10-17)19-18-13-26(14-24(18,19)5)20(27)16-11-23(4,12-16)25-21(28)29-6/h7-10,16,18-19H,11-14H2,1-6H3,(H,25,28)/t16-,18-,19-,23+,24-/m0/s1. The predicted octanol–water partition coefficient (Wildman–Crippen LogP) is 4.07. The Morgan fingerprint density at radius 2 is 1.90 bits per heavy atom. The maximum atomic E-state index is 13.0. The van der Waals surface area contributed by atoms with Crippen LogP contribution in [0.15, 0.2) is 24.3 Å². The number of hydrogen-bond acceptors (Lipinski definition) is 3. The van der Waals surface area contributed by atoms with Gasteiger partial charge in [-0.1, -0.05) is 52.0 Å². The lowest BCUT2D eigenvalue weighted by atomic mass is 9.69. The molecule has 1 heterocycles. The Balaban J connectivity index is 1.36. The molecule has 1 aliphatic heterocycles. The van der Waals surface area contributed by atoms with Gasteiger partial charge in [0, 0.05) is 24.5 Å². The van der Waals surface area contributed by atoms with E-state index in [1.54, 1.807) is 0 Å². The van der Waals surface area contributed by atoms with Crippen LogP contribution >= 0.6 is 0 Å². The van der Waals surface area contributed by atoms with Crippen molar-refractivity contribution in [1.82, 2.24) is 10.2 Å². The second-order valence-corrected chi connectivity index (χ2v) is 11.0. The Morgan fingerprint density at radius 3 is 2.45 bits per heavy atom. The number of carbonyl (C=O) groups excluding carboxylic acids is 2. The molecule has 29 heavy (non-hydrogen) atoms. The van der Waals surface area contributed by atoms with Crippen LogP contribution in [0.1, 0.15) is 64.5 Å². The van der Waals surface area contributed by atoms with Crippen molar-refractivity contribution in [3.8, 4) is 0 Å². The summed E-state index contributed by atoms with van der Waals surface area (Å²) >= 11 is 0. The number of carbonyl (C=O) groups is 2. The first-order valence-corrected chi connectivity index (χ1v) is 10.7. The zero-order valence-electron chi connectivity index (χ0n) is 18.5. The lowest BCUT2D eigenvalue weighted by molar-refractivity contribution is -0.140. The van der Waals surface area contributed by atoms with Crippen molar-refractivity contribution in [3.05, 3.63) is 35.4 Å². The number of alkyl carbamates (subject to hydrolysis) is 1. The summed E-state index contributed by atoms with van der Waals surface area (Å²) in [4.78, 5) is 26.5. The summed E-state index contributed by atoms with van der Waals surface area (Å²) in [7, 11) is 1.37. The van der Waals surface area contributed by atoms with Gasteiger partial charge in [-0.05, 0) is 53.6 Å². The zero-order valence-corrected chi connectivity index (χ0v) is 18.5. The van der Waals surface area contributed by atoms with Gasteiger partial charge in [0.15, 0.2) is 0 Å². The molecule has 158 valence electrons. The van der Waals surface area contributed by atoms with E-state index < -0.39 is 6.09 Å². The summed E-state index contributed by atoms with van der Waals surface area (Å²) in [5.74, 6) is 1.38. The summed E-state index contributed by atoms with van der Waals surface area (Å²) in [5, 5.41) is 2.86. The van der Waals surface area contributed by atoms with Crippen LogP contribution in [0.4, 0.5) is 4.79 Å². The summed E-state index contributed by atoms with van der Waals surface area (Å²) in [6, 6.07) is 9.03. The highest BCUT2D eigenvalue weighted by Gasteiger charge is 2.67. The number of nitrogens with one attached hydrogen (secondary N) is 1. The summed E-state index contributed by atoms with van der Waals surface area (Å²) in [6.45, 7) is 12.8. The van der Waals surface area contributed by atoms with Gasteiger partial charge >= 0.3 is 6.09 Å². The molecule has 2 aliphatic carbocycles. The third-order valence-corrected chi connectivity index (χ3v) is 7.56.